The summed E-state index contributed by atoms with van der Waals surface area (Å²) in [6, 6.07) is 12.0. The molecule has 0 radical (unpaired) electrons. The number of carbonyl (C=O) groups is 2. The van der Waals surface area contributed by atoms with Crippen LogP contribution >= 0.6 is 23.4 Å². The van der Waals surface area contributed by atoms with Crippen LogP contribution in [0, 0.1) is 0 Å². The third-order valence-electron chi connectivity index (χ3n) is 3.61. The Bertz CT molecular complexity index is 881. The van der Waals surface area contributed by atoms with E-state index in [0.717, 1.165) is 16.7 Å². The van der Waals surface area contributed by atoms with Gasteiger partial charge in [0.1, 0.15) is 11.5 Å². The molecule has 0 spiro atoms. The second kappa shape index (κ2) is 7.21. The number of thioether (sulfide) groups is 1. The Morgan fingerprint density at radius 3 is 2.52 bits per heavy atom. The number of benzene rings is 2. The summed E-state index contributed by atoms with van der Waals surface area (Å²) in [4.78, 5) is 26.4. The second-order valence-corrected chi connectivity index (χ2v) is 6.48. The number of halogens is 1. The number of imide groups is 1. The number of para-hydroxylation sites is 1. The highest BCUT2D eigenvalue weighted by Crippen LogP contribution is 2.39. The molecule has 0 saturated carbocycles. The molecule has 1 fully saturated rings. The number of amides is 2. The molecule has 1 saturated heterocycles. The van der Waals surface area contributed by atoms with E-state index in [2.05, 4.69) is 0 Å². The van der Waals surface area contributed by atoms with Crippen LogP contribution in [0.4, 0.5) is 10.5 Å². The van der Waals surface area contributed by atoms with Gasteiger partial charge < -0.3 is 9.47 Å². The van der Waals surface area contributed by atoms with Gasteiger partial charge >= 0.3 is 0 Å². The largest absolute Gasteiger partial charge is 0.497 e. The van der Waals surface area contributed by atoms with Crippen LogP contribution in [0.15, 0.2) is 47.4 Å². The maximum atomic E-state index is 12.7. The van der Waals surface area contributed by atoms with E-state index in [1.165, 1.54) is 7.11 Å². The van der Waals surface area contributed by atoms with Gasteiger partial charge in [-0.2, -0.15) is 0 Å². The molecule has 3 rings (SSSR count). The monoisotopic (exact) mass is 375 g/mol. The molecule has 2 aromatic rings. The fourth-order valence-corrected chi connectivity index (χ4v) is 3.45. The van der Waals surface area contributed by atoms with Gasteiger partial charge in [-0.1, -0.05) is 23.7 Å². The predicted octanol–water partition coefficient (Wildman–Crippen LogP) is 4.60. The number of hydrogen-bond acceptors (Lipinski definition) is 5. The van der Waals surface area contributed by atoms with Crippen molar-refractivity contribution in [2.45, 2.75) is 0 Å². The molecule has 0 aromatic heterocycles. The lowest BCUT2D eigenvalue weighted by molar-refractivity contribution is -0.113. The molecule has 0 N–H and O–H groups in total. The van der Waals surface area contributed by atoms with Gasteiger partial charge in [0.25, 0.3) is 11.1 Å². The maximum absolute atomic E-state index is 12.7. The zero-order valence-electron chi connectivity index (χ0n) is 13.5. The average molecular weight is 376 g/mol. The fraction of sp³-hybridized carbons (Fsp3) is 0.111. The van der Waals surface area contributed by atoms with Crippen LogP contribution < -0.4 is 14.4 Å². The van der Waals surface area contributed by atoms with Crippen molar-refractivity contribution in [3.8, 4) is 11.5 Å². The number of hydrogen-bond donors (Lipinski definition) is 0. The topological polar surface area (TPSA) is 55.8 Å². The first-order valence-electron chi connectivity index (χ1n) is 7.29. The number of methoxy groups -OCH3 is 2. The van der Waals surface area contributed by atoms with Gasteiger partial charge in [0, 0.05) is 5.56 Å². The van der Waals surface area contributed by atoms with E-state index in [1.54, 1.807) is 55.7 Å². The van der Waals surface area contributed by atoms with Crippen molar-refractivity contribution in [2.24, 2.45) is 0 Å². The van der Waals surface area contributed by atoms with E-state index in [9.17, 15) is 9.59 Å². The number of nitrogens with zero attached hydrogens (tertiary/aromatic N) is 1. The first kappa shape index (κ1) is 17.4. The van der Waals surface area contributed by atoms with Gasteiger partial charge in [-0.3, -0.25) is 9.59 Å². The van der Waals surface area contributed by atoms with Crippen LogP contribution in [-0.2, 0) is 4.79 Å². The Kier molecular flexibility index (Phi) is 5.01. The SMILES string of the molecule is COc1ccc(OC)c(C=C2SC(=O)N(c3ccccc3Cl)C2=O)c1. The second-order valence-electron chi connectivity index (χ2n) is 5.08. The predicted molar refractivity (Wildman–Crippen MR) is 99.4 cm³/mol. The minimum Gasteiger partial charge on any atom is -0.497 e. The smallest absolute Gasteiger partial charge is 0.298 e. The summed E-state index contributed by atoms with van der Waals surface area (Å²) in [7, 11) is 3.09. The summed E-state index contributed by atoms with van der Waals surface area (Å²) in [6.45, 7) is 0. The van der Waals surface area contributed by atoms with E-state index in [0.29, 0.717) is 27.8 Å². The number of ether oxygens (including phenoxy) is 2. The number of rotatable bonds is 4. The van der Waals surface area contributed by atoms with Crippen molar-refractivity contribution < 1.29 is 19.1 Å². The maximum Gasteiger partial charge on any atom is 0.298 e. The zero-order chi connectivity index (χ0) is 18.0. The van der Waals surface area contributed by atoms with E-state index < -0.39 is 11.1 Å². The standard InChI is InChI=1S/C18H14ClNO4S/c1-23-12-7-8-15(24-2)11(9-12)10-16-17(21)20(18(22)25-16)14-6-4-3-5-13(14)19/h3-10H,1-2H3. The van der Waals surface area contributed by atoms with Crippen molar-refractivity contribution in [3.05, 3.63) is 58.0 Å². The fourth-order valence-electron chi connectivity index (χ4n) is 2.40. The van der Waals surface area contributed by atoms with Crippen LogP contribution in [-0.4, -0.2) is 25.4 Å². The summed E-state index contributed by atoms with van der Waals surface area (Å²) in [5.74, 6) is 0.774. The first-order valence-corrected chi connectivity index (χ1v) is 8.49. The van der Waals surface area contributed by atoms with Crippen molar-refractivity contribution >= 4 is 46.3 Å². The van der Waals surface area contributed by atoms with Crippen LogP contribution in [0.1, 0.15) is 5.56 Å². The number of anilines is 1. The summed E-state index contributed by atoms with van der Waals surface area (Å²) in [5.41, 5.74) is 1.01. The van der Waals surface area contributed by atoms with Crippen LogP contribution in [0.2, 0.25) is 5.02 Å². The Hall–Kier alpha value is -2.44. The summed E-state index contributed by atoms with van der Waals surface area (Å²) in [6.07, 6.45) is 1.61. The van der Waals surface area contributed by atoms with Gasteiger partial charge in [-0.15, -0.1) is 0 Å². The minimum absolute atomic E-state index is 0.288. The van der Waals surface area contributed by atoms with Crippen LogP contribution in [0.25, 0.3) is 6.08 Å². The Labute approximate surface area is 154 Å². The molecule has 2 aromatic carbocycles. The lowest BCUT2D eigenvalue weighted by atomic mass is 10.1. The highest BCUT2D eigenvalue weighted by atomic mass is 35.5. The average Bonchev–Trinajstić information content (AvgIpc) is 2.89. The highest BCUT2D eigenvalue weighted by molar-refractivity contribution is 8.19. The van der Waals surface area contributed by atoms with E-state index in [1.807, 2.05) is 0 Å². The summed E-state index contributed by atoms with van der Waals surface area (Å²) >= 11 is 6.98. The Balaban J connectivity index is 2.00. The van der Waals surface area contributed by atoms with E-state index >= 15 is 0 Å². The first-order chi connectivity index (χ1) is 12.0. The molecule has 128 valence electrons. The van der Waals surface area contributed by atoms with Crippen LogP contribution in [0.5, 0.6) is 11.5 Å². The van der Waals surface area contributed by atoms with Crippen molar-refractivity contribution in [1.82, 2.24) is 0 Å². The van der Waals surface area contributed by atoms with Crippen molar-refractivity contribution in [2.75, 3.05) is 19.1 Å². The molecular formula is C18H14ClNO4S. The molecule has 0 unspecified atom stereocenters. The highest BCUT2D eigenvalue weighted by Gasteiger charge is 2.37. The Morgan fingerprint density at radius 2 is 1.84 bits per heavy atom. The molecule has 2 amide bonds. The van der Waals surface area contributed by atoms with Crippen LogP contribution in [0.3, 0.4) is 0 Å². The molecule has 0 atom stereocenters. The molecule has 7 heteroatoms. The minimum atomic E-state index is -0.423. The third kappa shape index (κ3) is 3.36. The molecule has 0 bridgehead atoms. The van der Waals surface area contributed by atoms with Crippen molar-refractivity contribution in [1.29, 1.82) is 0 Å². The van der Waals surface area contributed by atoms with Gasteiger partial charge in [-0.25, -0.2) is 4.90 Å². The molecule has 1 heterocycles. The molecule has 0 aliphatic carbocycles. The van der Waals surface area contributed by atoms with Crippen molar-refractivity contribution in [3.63, 3.8) is 0 Å². The molecule has 1 aliphatic rings. The quantitative estimate of drug-likeness (QED) is 0.731. The molecule has 25 heavy (non-hydrogen) atoms. The lowest BCUT2D eigenvalue weighted by Crippen LogP contribution is -2.27. The molecule has 1 aliphatic heterocycles. The van der Waals surface area contributed by atoms with Gasteiger partial charge in [-0.05, 0) is 48.2 Å². The molecule has 5 nitrogen and oxygen atoms in total. The van der Waals surface area contributed by atoms with Gasteiger partial charge in [0.15, 0.2) is 0 Å². The van der Waals surface area contributed by atoms with Gasteiger partial charge in [0.2, 0.25) is 0 Å². The summed E-state index contributed by atoms with van der Waals surface area (Å²) < 4.78 is 10.5. The van der Waals surface area contributed by atoms with E-state index in [4.69, 9.17) is 21.1 Å². The molecular weight excluding hydrogens is 362 g/mol. The Morgan fingerprint density at radius 1 is 1.08 bits per heavy atom. The zero-order valence-corrected chi connectivity index (χ0v) is 15.1. The number of carbonyl (C=O) groups excluding carboxylic acids is 2. The normalized spacial score (nSPS) is 15.8. The summed E-state index contributed by atoms with van der Waals surface area (Å²) in [5, 5.41) is -0.0591. The third-order valence-corrected chi connectivity index (χ3v) is 4.80. The lowest BCUT2D eigenvalue weighted by Gasteiger charge is -2.13. The van der Waals surface area contributed by atoms with E-state index in [-0.39, 0.29) is 4.91 Å². The van der Waals surface area contributed by atoms with Gasteiger partial charge in [0.05, 0.1) is 29.8 Å².